The molecule has 0 spiro atoms. The van der Waals surface area contributed by atoms with Gasteiger partial charge in [-0.1, -0.05) is 204 Å². The summed E-state index contributed by atoms with van der Waals surface area (Å²) in [5.74, 6) is -7.90. The number of nitrogens with two attached hydrogens (primary N) is 1. The minimum Gasteiger partial charge on any atom is -0.454 e. The third-order valence-electron chi connectivity index (χ3n) is 18.5. The van der Waals surface area contributed by atoms with Gasteiger partial charge in [0.15, 0.2) is 11.7 Å². The highest BCUT2D eigenvalue weighted by Crippen LogP contribution is 2.37. The number of hydrogen-bond acceptors (Lipinski definition) is 24. The molecule has 0 unspecified atom stereocenters. The van der Waals surface area contributed by atoms with E-state index in [1.807, 2.05) is 103 Å². The van der Waals surface area contributed by atoms with E-state index < -0.39 is 144 Å². The van der Waals surface area contributed by atoms with Gasteiger partial charge in [-0.15, -0.1) is 0 Å². The molecule has 2 aliphatic rings. The van der Waals surface area contributed by atoms with Crippen LogP contribution in [0, 0.1) is 0 Å². The number of azide groups is 2. The number of esters is 1. The van der Waals surface area contributed by atoms with Gasteiger partial charge in [-0.25, -0.2) is 14.4 Å². The van der Waals surface area contributed by atoms with Crippen LogP contribution in [0.1, 0.15) is 134 Å². The number of primary amides is 1. The van der Waals surface area contributed by atoms with Crippen molar-refractivity contribution in [3.63, 3.8) is 0 Å². The molecular formula is C80H107N19O16S5. The van der Waals surface area contributed by atoms with Crippen molar-refractivity contribution in [2.24, 2.45) is 16.0 Å². The summed E-state index contributed by atoms with van der Waals surface area (Å²) >= 11 is 0.915. The maximum absolute atomic E-state index is 15.3. The number of likely N-dealkylation sites (tertiary alicyclic amines) is 2. The van der Waals surface area contributed by atoms with Crippen molar-refractivity contribution in [3.8, 4) is 0 Å². The predicted molar refractivity (Wildman–Crippen MR) is 463 cm³/mol. The summed E-state index contributed by atoms with van der Waals surface area (Å²) < 4.78 is 15.8. The van der Waals surface area contributed by atoms with Gasteiger partial charge in [0.1, 0.15) is 61.5 Å². The van der Waals surface area contributed by atoms with E-state index in [4.69, 9.17) is 31.0 Å². The number of benzene rings is 4. The number of unbranched alkanes of at least 4 members (excludes halogenated alkanes) is 2. The second-order valence-corrected chi connectivity index (χ2v) is 38.1. The number of amides is 11. The van der Waals surface area contributed by atoms with Crippen LogP contribution >= 0.6 is 54.9 Å². The molecule has 0 radical (unpaired) electrons. The molecule has 7 rings (SSSR count). The standard InChI is InChI=1S/C80H107N19O16S5/c1-79(2,3)119-117-48-62(92-78(112)115-45-51-30-34-55(35-31-51)94-96-83)70(104)86-43-66(100)87-58(25-15-17-37-97(7)8)71(105)89-60(40-53-42-85-57-23-13-12-22-56(53)57)73(107)91-63(49-118-120-80(4,5)6)75(109)99-39-19-27-65(99)76(110)113-46-67(101)88-59(24-14-16-36-84-77(111)114-44-50-28-32-54(33-29-50)93-95-82)72(106)90-61(74(108)98-38-18-26-64(98)69(81)103)41-68(102)116-47-52-20-10-9-11-21-52/h9-13,20-23,28-35,42,58-65,85H,14-19,24-27,36-41,43-49H2,1-8H3,(H2,81,103)(H,84,111)(H,86,104)(H,87,100)(H,88,101)(H,89,105)(H,90,106)(H,91,107)(H,92,112)/t58-,59-,60-,61-,62-,63-,64-,65-/m0/s1. The molecule has 0 bridgehead atoms. The molecule has 0 aliphatic carbocycles. The Labute approximate surface area is 716 Å². The normalized spacial score (nSPS) is 15.3. The summed E-state index contributed by atoms with van der Waals surface area (Å²) in [7, 11) is 9.27. The summed E-state index contributed by atoms with van der Waals surface area (Å²) in [4.78, 5) is 197. The van der Waals surface area contributed by atoms with Gasteiger partial charge in [0.25, 0.3) is 5.91 Å². The number of H-pyrrole nitrogens is 1. The van der Waals surface area contributed by atoms with Crippen LogP contribution < -0.4 is 48.3 Å². The van der Waals surface area contributed by atoms with Gasteiger partial charge in [-0.3, -0.25) is 47.9 Å². The Bertz CT molecular complexity index is 4430. The molecule has 2 saturated heterocycles. The first-order chi connectivity index (χ1) is 57.3. The first kappa shape index (κ1) is 96.8. The van der Waals surface area contributed by atoms with Crippen LogP contribution in [0.15, 0.2) is 120 Å². The van der Waals surface area contributed by atoms with Crippen LogP contribution in [0.4, 0.5) is 21.0 Å². The maximum Gasteiger partial charge on any atom is 0.408 e. The Morgan fingerprint density at radius 1 is 0.567 bits per heavy atom. The van der Waals surface area contributed by atoms with E-state index in [0.717, 1.165) is 28.2 Å². The lowest BCUT2D eigenvalue weighted by molar-refractivity contribution is -0.156. The van der Waals surface area contributed by atoms with Crippen molar-refractivity contribution >= 4 is 154 Å². The number of fused-ring (bicyclic) bond motifs is 1. The molecule has 40 heteroatoms. The molecule has 0 saturated carbocycles. The summed E-state index contributed by atoms with van der Waals surface area (Å²) in [5.41, 5.74) is 27.3. The van der Waals surface area contributed by atoms with Crippen molar-refractivity contribution in [2.75, 3.05) is 64.9 Å². The molecule has 648 valence electrons. The van der Waals surface area contributed by atoms with E-state index in [-0.39, 0.29) is 105 Å². The van der Waals surface area contributed by atoms with Gasteiger partial charge in [0.05, 0.1) is 6.54 Å². The van der Waals surface area contributed by atoms with Crippen LogP contribution in [0.25, 0.3) is 31.8 Å². The van der Waals surface area contributed by atoms with Crippen molar-refractivity contribution in [3.05, 3.63) is 152 Å². The average molecular weight is 1750 g/mol. The molecule has 11 N–H and O–H groups in total. The number of aromatic nitrogens is 1. The Kier molecular flexibility index (Phi) is 39.8. The SMILES string of the molecule is CN(C)CCCC[C@H](NC(=O)CNC(=O)[C@H](CSSC(C)(C)C)NC(=O)OCc1ccc(N=[N+]=[N-])cc1)C(=O)N[C@@H](Cc1c[nH]c2ccccc12)C(=O)N[C@@H](CSSC(C)(C)C)C(=O)N1CCC[C@H]1C(=O)OCC(=O)N[C@@H](CCCCNC(=O)OCc1ccc(N=[N+]=[N-])cc1)C(=O)N[C@@H](CC(=O)SCc1ccccc1)C(=O)N1CCC[C@H]1C(N)=O. The van der Waals surface area contributed by atoms with Gasteiger partial charge >= 0.3 is 18.2 Å². The van der Waals surface area contributed by atoms with Crippen LogP contribution in [0.3, 0.4) is 0 Å². The summed E-state index contributed by atoms with van der Waals surface area (Å²) in [6.07, 6.45) is 1.76. The highest BCUT2D eigenvalue weighted by molar-refractivity contribution is 8.77. The van der Waals surface area contributed by atoms with E-state index in [1.54, 1.807) is 66.9 Å². The van der Waals surface area contributed by atoms with Crippen molar-refractivity contribution < 1.29 is 76.5 Å². The largest absolute Gasteiger partial charge is 0.454 e. The second kappa shape index (κ2) is 49.4. The lowest BCUT2D eigenvalue weighted by Gasteiger charge is -2.30. The van der Waals surface area contributed by atoms with Gasteiger partial charge < -0.3 is 82.2 Å². The molecular weight excluding hydrogens is 1640 g/mol. The highest BCUT2D eigenvalue weighted by Gasteiger charge is 2.42. The average Bonchev–Trinajstić information content (AvgIpc) is 1.66. The molecule has 11 amide bonds. The number of hydrogen-bond donors (Lipinski definition) is 10. The van der Waals surface area contributed by atoms with Crippen LogP contribution in [-0.4, -0.2) is 219 Å². The van der Waals surface area contributed by atoms with Gasteiger partial charge in [-0.05, 0) is 124 Å². The Hall–Kier alpha value is -10.3. The fourth-order valence-electron chi connectivity index (χ4n) is 12.6. The van der Waals surface area contributed by atoms with Crippen LogP contribution in [0.5, 0.6) is 0 Å². The minimum absolute atomic E-state index is 0.0182. The number of thioether (sulfide) groups is 1. The number of ether oxygens (including phenoxy) is 3. The number of carbonyl (C=O) groups is 13. The fraction of sp³-hybridized carbons (Fsp3) is 0.512. The van der Waals surface area contributed by atoms with Crippen molar-refractivity contribution in [1.82, 2.24) is 62.2 Å². The number of nitrogens with one attached hydrogen (secondary N) is 9. The minimum atomic E-state index is -1.53. The molecule has 3 heterocycles. The van der Waals surface area contributed by atoms with Gasteiger partial charge in [-0.2, -0.15) is 0 Å². The quantitative estimate of drug-likeness (QED) is 0.00329. The molecule has 8 atom stereocenters. The van der Waals surface area contributed by atoms with Gasteiger partial charge in [0, 0.05) is 97.5 Å². The number of rotatable bonds is 46. The summed E-state index contributed by atoms with van der Waals surface area (Å²) in [6, 6.07) is 18.5. The predicted octanol–water partition coefficient (Wildman–Crippen LogP) is 9.48. The first-order valence-corrected chi connectivity index (χ1v) is 44.9. The molecule has 4 aromatic carbocycles. The number of para-hydroxylation sites is 1. The number of alkyl carbamates (subject to hydrolysis) is 2. The Morgan fingerprint density at radius 2 is 1.09 bits per heavy atom. The summed E-state index contributed by atoms with van der Waals surface area (Å²) in [6.45, 7) is 10.7. The van der Waals surface area contributed by atoms with E-state index in [0.29, 0.717) is 60.3 Å². The first-order valence-electron chi connectivity index (χ1n) is 39.2. The zero-order valence-electron chi connectivity index (χ0n) is 68.5. The number of aromatic amines is 1. The number of nitrogens with zero attached hydrogens (tertiary/aromatic N) is 9. The fourth-order valence-corrected chi connectivity index (χ4v) is 18.3. The van der Waals surface area contributed by atoms with E-state index in [1.165, 1.54) is 53.0 Å². The second-order valence-electron chi connectivity index (χ2n) is 30.7. The van der Waals surface area contributed by atoms with E-state index in [9.17, 15) is 52.7 Å². The van der Waals surface area contributed by atoms with Crippen molar-refractivity contribution in [1.29, 1.82) is 0 Å². The maximum atomic E-state index is 15.3. The third kappa shape index (κ3) is 34.0. The van der Waals surface area contributed by atoms with E-state index in [2.05, 4.69) is 67.6 Å². The Balaban J connectivity index is 1.07. The molecule has 5 aromatic rings. The van der Waals surface area contributed by atoms with E-state index >= 15 is 9.59 Å². The monoisotopic (exact) mass is 1750 g/mol. The molecule has 35 nitrogen and oxygen atoms in total. The Morgan fingerprint density at radius 3 is 1.68 bits per heavy atom. The van der Waals surface area contributed by atoms with Gasteiger partial charge in [0.2, 0.25) is 47.3 Å². The lowest BCUT2D eigenvalue weighted by Crippen LogP contribution is -2.59. The molecule has 2 fully saturated rings. The highest BCUT2D eigenvalue weighted by atomic mass is 33.1. The number of carbonyl (C=O) groups excluding carboxylic acids is 13. The zero-order valence-corrected chi connectivity index (χ0v) is 72.5. The smallest absolute Gasteiger partial charge is 0.408 e. The molecule has 2 aliphatic heterocycles. The summed E-state index contributed by atoms with van der Waals surface area (Å²) in [5, 5.41) is 28.9. The zero-order chi connectivity index (χ0) is 87.3. The molecule has 1 aromatic heterocycles. The van der Waals surface area contributed by atoms with Crippen LogP contribution in [-0.2, 0) is 92.3 Å². The third-order valence-corrected chi connectivity index (χ3v) is 26.1. The lowest BCUT2D eigenvalue weighted by atomic mass is 10.0. The van der Waals surface area contributed by atoms with Crippen LogP contribution in [0.2, 0.25) is 0 Å². The topological polar surface area (TPSA) is 495 Å². The molecule has 120 heavy (non-hydrogen) atoms. The van der Waals surface area contributed by atoms with Crippen molar-refractivity contribution in [2.45, 2.75) is 195 Å².